The van der Waals surface area contributed by atoms with Crippen LogP contribution in [-0.2, 0) is 9.47 Å². The van der Waals surface area contributed by atoms with Gasteiger partial charge in [0.25, 0.3) is 0 Å². The van der Waals surface area contributed by atoms with Crippen molar-refractivity contribution in [3.8, 4) is 0 Å². The lowest BCUT2D eigenvalue weighted by atomic mass is 9.44. The van der Waals surface area contributed by atoms with Crippen LogP contribution in [0.5, 0.6) is 0 Å². The van der Waals surface area contributed by atoms with Crippen molar-refractivity contribution in [3.63, 3.8) is 0 Å². The summed E-state index contributed by atoms with van der Waals surface area (Å²) in [7, 11) is 0. The predicted molar refractivity (Wildman–Crippen MR) is 125 cm³/mol. The second kappa shape index (κ2) is 7.18. The minimum atomic E-state index is -0.921. The summed E-state index contributed by atoms with van der Waals surface area (Å²) in [4.78, 5) is 0. The number of aliphatic hydroxyl groups is 3. The van der Waals surface area contributed by atoms with Crippen LogP contribution in [0.4, 0.5) is 0 Å². The van der Waals surface area contributed by atoms with Crippen molar-refractivity contribution in [3.05, 3.63) is 0 Å². The second-order valence-corrected chi connectivity index (χ2v) is 14.1. The molecule has 0 aromatic carbocycles. The number of hydrogen-bond donors (Lipinski definition) is 3. The topological polar surface area (TPSA) is 82.5 Å². The Morgan fingerprint density at radius 1 is 0.970 bits per heavy atom. The van der Waals surface area contributed by atoms with Crippen molar-refractivity contribution in [1.29, 1.82) is 0 Å². The van der Waals surface area contributed by atoms with Gasteiger partial charge < -0.3 is 24.8 Å². The molecule has 0 amide bonds. The van der Waals surface area contributed by atoms with E-state index in [1.165, 1.54) is 32.1 Å². The predicted octanol–water partition coefficient (Wildman–Crippen LogP) is 4.27. The third-order valence-electron chi connectivity index (χ3n) is 12.4. The van der Waals surface area contributed by atoms with E-state index in [1.807, 2.05) is 0 Å². The molecule has 13 atom stereocenters. The average Bonchev–Trinajstić information content (AvgIpc) is 3.09. The lowest BCUT2D eigenvalue weighted by Crippen LogP contribution is -2.58. The van der Waals surface area contributed by atoms with Crippen LogP contribution in [0.1, 0.15) is 92.4 Å². The summed E-state index contributed by atoms with van der Waals surface area (Å²) in [5, 5.41) is 31.4. The van der Waals surface area contributed by atoms with Crippen LogP contribution in [0.2, 0.25) is 0 Å². The molecule has 4 saturated carbocycles. The fraction of sp³-hybridized carbons (Fsp3) is 1.00. The van der Waals surface area contributed by atoms with Gasteiger partial charge in [-0.05, 0) is 100 Å². The van der Waals surface area contributed by atoms with Gasteiger partial charge in [-0.2, -0.15) is 0 Å². The monoisotopic (exact) mass is 462 g/mol. The van der Waals surface area contributed by atoms with Crippen molar-refractivity contribution >= 4 is 0 Å². The lowest BCUT2D eigenvalue weighted by molar-refractivity contribution is -0.156. The molecule has 6 fully saturated rings. The van der Waals surface area contributed by atoms with E-state index in [9.17, 15) is 15.3 Å². The molecular formula is C28H46O5. The van der Waals surface area contributed by atoms with E-state index in [1.54, 1.807) is 13.8 Å². The molecule has 6 rings (SSSR count). The van der Waals surface area contributed by atoms with Gasteiger partial charge in [-0.3, -0.25) is 0 Å². The minimum absolute atomic E-state index is 0.0258. The Morgan fingerprint density at radius 2 is 1.73 bits per heavy atom. The first-order valence-corrected chi connectivity index (χ1v) is 13.8. The van der Waals surface area contributed by atoms with E-state index >= 15 is 0 Å². The summed E-state index contributed by atoms with van der Waals surface area (Å²) in [6.07, 6.45) is 9.28. The highest BCUT2D eigenvalue weighted by Gasteiger charge is 2.76. The van der Waals surface area contributed by atoms with Gasteiger partial charge in [0.05, 0.1) is 23.9 Å². The van der Waals surface area contributed by atoms with E-state index in [0.717, 1.165) is 43.4 Å². The molecule has 33 heavy (non-hydrogen) atoms. The molecule has 2 aliphatic heterocycles. The van der Waals surface area contributed by atoms with Gasteiger partial charge >= 0.3 is 0 Å². The average molecular weight is 463 g/mol. The molecule has 2 heterocycles. The van der Waals surface area contributed by atoms with Gasteiger partial charge in [0.1, 0.15) is 5.60 Å². The highest BCUT2D eigenvalue weighted by molar-refractivity contribution is 5.24. The lowest BCUT2D eigenvalue weighted by Gasteiger charge is -2.59. The standard InChI is InChI=1S/C28H46O5/c1-15(22-13-21(24(30)32-22)25(2,3)31)18-6-7-19-17-12-23-28(33-23)14-16(29)8-11-27(28,5)20(17)9-10-26(18,19)4/h15-24,29-31H,6-14H2,1-5H3. The van der Waals surface area contributed by atoms with Gasteiger partial charge in [0.15, 0.2) is 6.29 Å². The molecule has 5 heteroatoms. The summed E-state index contributed by atoms with van der Waals surface area (Å²) in [5.74, 6) is 2.98. The zero-order valence-corrected chi connectivity index (χ0v) is 21.3. The van der Waals surface area contributed by atoms with Gasteiger partial charge in [-0.1, -0.05) is 20.8 Å². The maximum Gasteiger partial charge on any atom is 0.160 e. The number of hydrogen-bond acceptors (Lipinski definition) is 5. The summed E-state index contributed by atoms with van der Waals surface area (Å²) >= 11 is 0. The molecule has 2 saturated heterocycles. The van der Waals surface area contributed by atoms with Crippen LogP contribution in [0.3, 0.4) is 0 Å². The number of aliphatic hydroxyl groups excluding tert-OH is 2. The van der Waals surface area contributed by atoms with Crippen LogP contribution in [-0.4, -0.2) is 51.1 Å². The highest BCUT2D eigenvalue weighted by Crippen LogP contribution is 2.74. The number of epoxide rings is 1. The molecule has 3 N–H and O–H groups in total. The summed E-state index contributed by atoms with van der Waals surface area (Å²) in [5.41, 5.74) is -0.411. The third-order valence-corrected chi connectivity index (χ3v) is 12.4. The van der Waals surface area contributed by atoms with E-state index in [4.69, 9.17) is 9.47 Å². The Morgan fingerprint density at radius 3 is 2.42 bits per heavy atom. The highest BCUT2D eigenvalue weighted by atomic mass is 16.6. The first kappa shape index (κ1) is 23.2. The first-order valence-electron chi connectivity index (χ1n) is 13.8. The van der Waals surface area contributed by atoms with Gasteiger partial charge in [0, 0.05) is 17.8 Å². The van der Waals surface area contributed by atoms with Gasteiger partial charge in [0.2, 0.25) is 0 Å². The molecule has 0 aromatic heterocycles. The Kier molecular flexibility index (Phi) is 5.05. The molecule has 5 nitrogen and oxygen atoms in total. The zero-order valence-electron chi connectivity index (χ0n) is 21.3. The summed E-state index contributed by atoms with van der Waals surface area (Å²) in [6, 6.07) is 0. The van der Waals surface area contributed by atoms with E-state index in [0.29, 0.717) is 23.4 Å². The van der Waals surface area contributed by atoms with E-state index in [-0.39, 0.29) is 29.1 Å². The van der Waals surface area contributed by atoms with Crippen molar-refractivity contribution in [2.45, 2.75) is 128 Å². The number of fused-ring (bicyclic) bond motifs is 4. The molecule has 0 aromatic rings. The summed E-state index contributed by atoms with van der Waals surface area (Å²) in [6.45, 7) is 11.0. The van der Waals surface area contributed by atoms with Crippen LogP contribution < -0.4 is 0 Å². The third kappa shape index (κ3) is 3.08. The number of rotatable bonds is 3. The summed E-state index contributed by atoms with van der Waals surface area (Å²) < 4.78 is 12.6. The van der Waals surface area contributed by atoms with Crippen molar-refractivity contribution in [1.82, 2.24) is 0 Å². The zero-order chi connectivity index (χ0) is 23.6. The van der Waals surface area contributed by atoms with Crippen molar-refractivity contribution < 1.29 is 24.8 Å². The Bertz CT molecular complexity index is 794. The van der Waals surface area contributed by atoms with Crippen molar-refractivity contribution in [2.75, 3.05) is 0 Å². The largest absolute Gasteiger partial charge is 0.393 e. The normalized spacial score (nSPS) is 58.7. The SMILES string of the molecule is CC(C1CC(C(C)(C)O)C(O)O1)C1CCC2C3CC4OC45CC(O)CCC5(C)C3CCC12C. The Hall–Kier alpha value is -0.200. The molecule has 0 bridgehead atoms. The maximum absolute atomic E-state index is 10.5. The fourth-order valence-electron chi connectivity index (χ4n) is 10.5. The van der Waals surface area contributed by atoms with Gasteiger partial charge in [-0.25, -0.2) is 0 Å². The fourth-order valence-corrected chi connectivity index (χ4v) is 10.5. The Labute approximate surface area is 199 Å². The van der Waals surface area contributed by atoms with Crippen LogP contribution in [0, 0.1) is 46.3 Å². The minimum Gasteiger partial charge on any atom is -0.393 e. The molecule has 13 unspecified atom stereocenters. The quantitative estimate of drug-likeness (QED) is 0.546. The molecule has 4 aliphatic carbocycles. The smallest absolute Gasteiger partial charge is 0.160 e. The molecule has 6 aliphatic rings. The molecule has 188 valence electrons. The van der Waals surface area contributed by atoms with Crippen LogP contribution in [0.15, 0.2) is 0 Å². The second-order valence-electron chi connectivity index (χ2n) is 14.1. The van der Waals surface area contributed by atoms with Crippen LogP contribution in [0.25, 0.3) is 0 Å². The molecule has 1 spiro atoms. The number of ether oxygens (including phenoxy) is 2. The van der Waals surface area contributed by atoms with E-state index < -0.39 is 11.9 Å². The van der Waals surface area contributed by atoms with Crippen molar-refractivity contribution in [2.24, 2.45) is 46.3 Å². The van der Waals surface area contributed by atoms with Crippen LogP contribution >= 0.6 is 0 Å². The first-order chi connectivity index (χ1) is 15.4. The Balaban J connectivity index is 1.22. The molecular weight excluding hydrogens is 416 g/mol. The van der Waals surface area contributed by atoms with E-state index in [2.05, 4.69) is 20.8 Å². The van der Waals surface area contributed by atoms with Gasteiger partial charge in [-0.15, -0.1) is 0 Å². The maximum atomic E-state index is 10.5. The molecule has 0 radical (unpaired) electrons.